The van der Waals surface area contributed by atoms with Gasteiger partial charge in [0.1, 0.15) is 30.7 Å². The first kappa shape index (κ1) is 80.4. The number of ketones is 2. The number of carboxylic acid groups (broad SMARTS) is 2. The van der Waals surface area contributed by atoms with Gasteiger partial charge in [-0.1, -0.05) is 51.4 Å². The summed E-state index contributed by atoms with van der Waals surface area (Å²) in [6.45, 7) is 3.39. The molecule has 0 saturated heterocycles. The molecule has 0 unspecified atom stereocenters. The highest BCUT2D eigenvalue weighted by molar-refractivity contribution is 5.92. The van der Waals surface area contributed by atoms with Crippen molar-refractivity contribution in [2.45, 2.75) is 184 Å². The quantitative estimate of drug-likeness (QED) is 0.0102. The topological polar surface area (TPSA) is 526 Å². The van der Waals surface area contributed by atoms with E-state index in [1.165, 1.54) is 6.08 Å². The third kappa shape index (κ3) is 33.6. The number of ether oxygens (including phenoxy) is 8. The summed E-state index contributed by atoms with van der Waals surface area (Å²) in [5.41, 5.74) is 22.1. The van der Waals surface area contributed by atoms with Gasteiger partial charge in [0.15, 0.2) is 36.0 Å². The molecule has 0 aliphatic carbocycles. The summed E-state index contributed by atoms with van der Waals surface area (Å²) in [7, 11) is 0. The molecule has 0 aromatic heterocycles. The number of alkyl carbamates (subject to hydrolysis) is 1. The van der Waals surface area contributed by atoms with E-state index < -0.39 is 145 Å². The fourth-order valence-electron chi connectivity index (χ4n) is 9.51. The van der Waals surface area contributed by atoms with Crippen LogP contribution in [0.15, 0.2) is 33.7 Å². The predicted molar refractivity (Wildman–Crippen MR) is 327 cm³/mol. The summed E-state index contributed by atoms with van der Waals surface area (Å²) in [6.07, 6.45) is 2.29. The minimum absolute atomic E-state index is 0.00573. The van der Waals surface area contributed by atoms with Gasteiger partial charge in [-0.05, 0) is 44.3 Å². The molecule has 2 heterocycles. The van der Waals surface area contributed by atoms with Gasteiger partial charge >= 0.3 is 24.0 Å². The molecular formula is C59H96N10O23. The Labute approximate surface area is 534 Å². The van der Waals surface area contributed by atoms with Gasteiger partial charge in [-0.2, -0.15) is 0 Å². The van der Waals surface area contributed by atoms with Crippen LogP contribution in [0.5, 0.6) is 0 Å². The molecule has 0 aromatic rings. The summed E-state index contributed by atoms with van der Waals surface area (Å²) >= 11 is 0. The molecule has 2 aliphatic rings. The lowest BCUT2D eigenvalue weighted by Crippen LogP contribution is -2.61. The number of carboxylic acids is 2. The predicted octanol–water partition coefficient (Wildman–Crippen LogP) is -2.07. The third-order valence-corrected chi connectivity index (χ3v) is 14.2. The van der Waals surface area contributed by atoms with E-state index in [4.69, 9.17) is 67.3 Å². The molecule has 33 nitrogen and oxygen atoms in total. The maximum Gasteiger partial charge on any atom is 0.407 e. The summed E-state index contributed by atoms with van der Waals surface area (Å²) in [5, 5.41) is 70.5. The largest absolute Gasteiger partial charge is 0.479 e. The third-order valence-electron chi connectivity index (χ3n) is 14.2. The van der Waals surface area contributed by atoms with E-state index >= 15 is 0 Å². The highest BCUT2D eigenvalue weighted by Crippen LogP contribution is 2.31. The second kappa shape index (κ2) is 46.4. The fraction of sp³-hybridized carbons (Fsp3) is 0.712. The number of unbranched alkanes of at least 4 members (excludes halogenated alkanes) is 8. The molecule has 0 saturated carbocycles. The molecule has 18 N–H and O–H groups in total. The molecule has 0 fully saturated rings. The zero-order valence-electron chi connectivity index (χ0n) is 52.4. The number of Topliss-reactive ketones (excluding diaryl/α,β-unsaturated/α-hetero) is 2. The molecule has 11 atom stereocenters. The van der Waals surface area contributed by atoms with E-state index in [9.17, 15) is 73.8 Å². The number of nitrogens with zero attached hydrogens (tertiary/aromatic N) is 2. The first-order valence-corrected chi connectivity index (χ1v) is 30.7. The van der Waals surface area contributed by atoms with E-state index in [1.54, 1.807) is 6.92 Å². The van der Waals surface area contributed by atoms with Crippen LogP contribution in [0.3, 0.4) is 0 Å². The van der Waals surface area contributed by atoms with E-state index in [0.29, 0.717) is 97.2 Å². The zero-order chi connectivity index (χ0) is 68.4. The van der Waals surface area contributed by atoms with Gasteiger partial charge in [0.05, 0.1) is 83.6 Å². The monoisotopic (exact) mass is 1310 g/mol. The lowest BCUT2D eigenvalue weighted by atomic mass is 9.87. The number of hydrogen-bond donors (Lipinski definition) is 14. The maximum atomic E-state index is 13.5. The van der Waals surface area contributed by atoms with E-state index in [2.05, 4.69) is 37.2 Å². The van der Waals surface area contributed by atoms with Crippen LogP contribution in [0.1, 0.15) is 123 Å². The van der Waals surface area contributed by atoms with Crippen molar-refractivity contribution in [3.05, 3.63) is 23.7 Å². The van der Waals surface area contributed by atoms with Crippen molar-refractivity contribution in [2.24, 2.45) is 38.8 Å². The van der Waals surface area contributed by atoms with Gasteiger partial charge < -0.3 is 113 Å². The van der Waals surface area contributed by atoms with Crippen LogP contribution in [0.2, 0.25) is 0 Å². The number of rotatable bonds is 50. The van der Waals surface area contributed by atoms with Gasteiger partial charge in [0.25, 0.3) is 0 Å². The number of amides is 4. The lowest BCUT2D eigenvalue weighted by molar-refractivity contribution is -0.176. The molecule has 2 aliphatic heterocycles. The highest BCUT2D eigenvalue weighted by atomic mass is 16.6. The Bertz CT molecular complexity index is 2490. The van der Waals surface area contributed by atoms with E-state index in [1.807, 2.05) is 0 Å². The summed E-state index contributed by atoms with van der Waals surface area (Å²) < 4.78 is 43.5. The number of aliphatic imine (C=N–C) groups is 2. The number of carbonyl (C=O) groups is 9. The molecular weight excluding hydrogens is 1220 g/mol. The zero-order valence-corrected chi connectivity index (χ0v) is 52.4. The molecule has 4 amide bonds. The Morgan fingerprint density at radius 3 is 1.66 bits per heavy atom. The van der Waals surface area contributed by atoms with E-state index in [0.717, 1.165) is 13.0 Å². The van der Waals surface area contributed by atoms with Crippen molar-refractivity contribution in [1.29, 1.82) is 0 Å². The maximum absolute atomic E-state index is 13.5. The fourth-order valence-corrected chi connectivity index (χ4v) is 9.51. The molecule has 0 bridgehead atoms. The molecule has 0 spiro atoms. The second-order valence-corrected chi connectivity index (χ2v) is 21.7. The number of esters is 1. The Balaban J connectivity index is 1.85. The molecule has 0 radical (unpaired) electrons. The van der Waals surface area contributed by atoms with Gasteiger partial charge in [-0.15, -0.1) is 6.42 Å². The van der Waals surface area contributed by atoms with Crippen molar-refractivity contribution in [3.8, 4) is 12.3 Å². The van der Waals surface area contributed by atoms with Gasteiger partial charge in [-0.25, -0.2) is 24.4 Å². The average Bonchev–Trinajstić information content (AvgIpc) is 0.819. The Morgan fingerprint density at radius 1 is 0.609 bits per heavy atom. The molecule has 2 rings (SSSR count). The van der Waals surface area contributed by atoms with Crippen LogP contribution in [-0.2, 0) is 76.3 Å². The summed E-state index contributed by atoms with van der Waals surface area (Å²) in [6, 6.07) is -4.43. The SMILES string of the molecule is C#CCOCCOCCOCCOCCC(=O)N[C@H](CCC(=O)CCCCCCCNC(=O)O[C@@H]([C@@H]1OC(C(=O)O)=C[C@H](N=C(N)N)[C@H]1NC(C)=O)[C@H](O)CO)C(=O)CCC(=O)NCCCCCCCC(=O)O[C@@H]([C@@H]1OC(C(=O)O)=C[C@H](N=C(N)N)[C@H]1C)[C@H](O)CO. The average molecular weight is 1310 g/mol. The van der Waals surface area contributed by atoms with Crippen molar-refractivity contribution in [2.75, 3.05) is 79.2 Å². The molecule has 0 aromatic carbocycles. The molecule has 92 heavy (non-hydrogen) atoms. The standard InChI is InChI=1S/C59H96N10O23/c1-4-24-85-26-28-87-30-31-88-29-27-86-25-21-48(78)67-39(42(74)19-20-47(77)64-22-13-9-6-8-12-16-49(79)91-52(43(75)34-70)51-36(2)40(68-57(60)61)32-45(89-51)55(80)81)18-17-38(73)15-11-7-5-10-14-23-65-59(84)92-53(44(76)35-71)54-50(66-37(3)72)41(69-58(62)63)33-46(90-54)56(82)83/h1,32-33,36,39-41,43-44,50-54,70-71,75-76H,5-31,34-35H2,2-3H3,(H,64,77)(H,65,84)(H,66,72)(H,67,78)(H,80,81)(H,82,83)(H4,60,61,68)(H4,62,63,69)/t36-,39-,40+,41+,43-,44-,50-,51-,52-,53-,54-/m1/s1. The van der Waals surface area contributed by atoms with Crippen LogP contribution >= 0.6 is 0 Å². The first-order valence-electron chi connectivity index (χ1n) is 30.7. The van der Waals surface area contributed by atoms with Crippen LogP contribution in [0.4, 0.5) is 4.79 Å². The lowest BCUT2D eigenvalue weighted by Gasteiger charge is -2.39. The van der Waals surface area contributed by atoms with Crippen LogP contribution in [-0.4, -0.2) is 236 Å². The number of terminal acetylenes is 1. The smallest absolute Gasteiger partial charge is 0.407 e. The number of aliphatic hydroxyl groups excluding tert-OH is 4. The molecule has 520 valence electrons. The number of nitrogens with two attached hydrogens (primary N) is 4. The van der Waals surface area contributed by atoms with Crippen molar-refractivity contribution >= 4 is 65.2 Å². The highest BCUT2D eigenvalue weighted by Gasteiger charge is 2.47. The first-order chi connectivity index (χ1) is 43.9. The number of nitrogens with one attached hydrogen (secondary N) is 4. The number of aliphatic carboxylic acids is 2. The molecule has 33 heteroatoms. The summed E-state index contributed by atoms with van der Waals surface area (Å²) in [5.74, 6) is -6.10. The number of hydrogen-bond acceptors (Lipinski definition) is 23. The second-order valence-electron chi connectivity index (χ2n) is 21.7. The van der Waals surface area contributed by atoms with Gasteiger partial charge in [-0.3, -0.25) is 28.8 Å². The van der Waals surface area contributed by atoms with Crippen LogP contribution in [0, 0.1) is 18.3 Å². The number of carbonyl (C=O) groups excluding carboxylic acids is 7. The van der Waals surface area contributed by atoms with Gasteiger partial charge in [0, 0.05) is 64.5 Å². The number of guanidine groups is 2. The number of aliphatic hydroxyl groups is 4. The van der Waals surface area contributed by atoms with Crippen LogP contribution < -0.4 is 44.2 Å². The summed E-state index contributed by atoms with van der Waals surface area (Å²) in [4.78, 5) is 122. The normalized spacial score (nSPS) is 19.2. The Kier molecular flexibility index (Phi) is 40.5. The van der Waals surface area contributed by atoms with Crippen molar-refractivity contribution in [3.63, 3.8) is 0 Å². The minimum atomic E-state index is -1.80. The van der Waals surface area contributed by atoms with Gasteiger partial charge in [0.2, 0.25) is 29.2 Å². The van der Waals surface area contributed by atoms with E-state index in [-0.39, 0.29) is 89.7 Å². The van der Waals surface area contributed by atoms with Crippen LogP contribution in [0.25, 0.3) is 0 Å². The van der Waals surface area contributed by atoms with Crippen molar-refractivity contribution < 1.29 is 112 Å². The Hall–Kier alpha value is -7.71. The Morgan fingerprint density at radius 2 is 1.11 bits per heavy atom. The van der Waals surface area contributed by atoms with Crippen molar-refractivity contribution in [1.82, 2.24) is 21.3 Å². The minimum Gasteiger partial charge on any atom is -0.479 e.